The SMILES string of the molecule is COc1ccc(C(=O)OCC(=O)NCCN2C(=O)CSC2=S)cc1OC. The van der Waals surface area contributed by atoms with Crippen molar-refractivity contribution in [1.82, 2.24) is 10.2 Å². The maximum Gasteiger partial charge on any atom is 0.338 e. The van der Waals surface area contributed by atoms with E-state index >= 15 is 0 Å². The van der Waals surface area contributed by atoms with E-state index in [1.165, 1.54) is 43.0 Å². The molecule has 26 heavy (non-hydrogen) atoms. The topological polar surface area (TPSA) is 94.2 Å². The van der Waals surface area contributed by atoms with E-state index in [9.17, 15) is 14.4 Å². The van der Waals surface area contributed by atoms with Gasteiger partial charge in [-0.25, -0.2) is 4.79 Å². The van der Waals surface area contributed by atoms with Crippen LogP contribution in [0.15, 0.2) is 18.2 Å². The molecule has 2 amide bonds. The fourth-order valence-electron chi connectivity index (χ4n) is 2.13. The summed E-state index contributed by atoms with van der Waals surface area (Å²) >= 11 is 6.34. The number of rotatable bonds is 8. The second kappa shape index (κ2) is 9.39. The van der Waals surface area contributed by atoms with Crippen LogP contribution in [-0.4, -0.2) is 66.7 Å². The molecule has 0 bridgehead atoms. The van der Waals surface area contributed by atoms with Gasteiger partial charge >= 0.3 is 5.97 Å². The van der Waals surface area contributed by atoms with Gasteiger partial charge in [0.15, 0.2) is 18.1 Å². The molecule has 10 heteroatoms. The molecule has 1 aromatic rings. The van der Waals surface area contributed by atoms with Crippen LogP contribution in [0.3, 0.4) is 0 Å². The normalized spacial score (nSPS) is 13.5. The Labute approximate surface area is 160 Å². The van der Waals surface area contributed by atoms with Gasteiger partial charge in [-0.3, -0.25) is 14.5 Å². The summed E-state index contributed by atoms with van der Waals surface area (Å²) < 4.78 is 15.7. The Kier molecular flexibility index (Phi) is 7.22. The number of hydrogen-bond acceptors (Lipinski definition) is 8. The number of carbonyl (C=O) groups is 3. The number of carbonyl (C=O) groups excluding carboxylic acids is 3. The molecule has 1 saturated heterocycles. The molecular weight excluding hydrogens is 380 g/mol. The third-order valence-corrected chi connectivity index (χ3v) is 4.88. The van der Waals surface area contributed by atoms with Crippen LogP contribution in [0.1, 0.15) is 10.4 Å². The maximum atomic E-state index is 12.0. The molecule has 1 aliphatic heterocycles. The van der Waals surface area contributed by atoms with E-state index in [0.717, 1.165) is 0 Å². The van der Waals surface area contributed by atoms with Crippen molar-refractivity contribution in [2.24, 2.45) is 0 Å². The van der Waals surface area contributed by atoms with E-state index in [2.05, 4.69) is 5.32 Å². The molecule has 0 aromatic heterocycles. The highest BCUT2D eigenvalue weighted by Gasteiger charge is 2.26. The number of thioether (sulfide) groups is 1. The van der Waals surface area contributed by atoms with Gasteiger partial charge in [0, 0.05) is 13.1 Å². The number of methoxy groups -OCH3 is 2. The van der Waals surface area contributed by atoms with Gasteiger partial charge in [-0.15, -0.1) is 0 Å². The molecule has 0 spiro atoms. The molecule has 1 aromatic carbocycles. The van der Waals surface area contributed by atoms with Crippen molar-refractivity contribution in [3.63, 3.8) is 0 Å². The minimum Gasteiger partial charge on any atom is -0.493 e. The van der Waals surface area contributed by atoms with Gasteiger partial charge in [0.25, 0.3) is 5.91 Å². The zero-order valence-electron chi connectivity index (χ0n) is 14.3. The van der Waals surface area contributed by atoms with Crippen LogP contribution in [-0.2, 0) is 14.3 Å². The monoisotopic (exact) mass is 398 g/mol. The summed E-state index contributed by atoms with van der Waals surface area (Å²) in [6, 6.07) is 4.55. The summed E-state index contributed by atoms with van der Waals surface area (Å²) in [5, 5.41) is 2.57. The highest BCUT2D eigenvalue weighted by Crippen LogP contribution is 2.27. The van der Waals surface area contributed by atoms with E-state index in [-0.39, 0.29) is 18.0 Å². The lowest BCUT2D eigenvalue weighted by molar-refractivity contribution is -0.126. The first-order chi connectivity index (χ1) is 12.5. The standard InChI is InChI=1S/C16H18N2O6S2/c1-22-11-4-3-10(7-12(11)23-2)15(21)24-8-13(19)17-5-6-18-14(20)9-26-16(18)25/h3-4,7H,5-6,8-9H2,1-2H3,(H,17,19). The Morgan fingerprint density at radius 1 is 1.27 bits per heavy atom. The molecule has 1 heterocycles. The molecule has 0 unspecified atom stereocenters. The number of benzene rings is 1. The number of thiocarbonyl (C=S) groups is 1. The van der Waals surface area contributed by atoms with Crippen molar-refractivity contribution >= 4 is 46.1 Å². The molecule has 1 fully saturated rings. The van der Waals surface area contributed by atoms with Gasteiger partial charge in [-0.05, 0) is 18.2 Å². The largest absolute Gasteiger partial charge is 0.493 e. The summed E-state index contributed by atoms with van der Waals surface area (Å²) in [6.45, 7) is 0.0829. The highest BCUT2D eigenvalue weighted by molar-refractivity contribution is 8.23. The van der Waals surface area contributed by atoms with Crippen molar-refractivity contribution < 1.29 is 28.6 Å². The number of amides is 2. The van der Waals surface area contributed by atoms with Crippen LogP contribution >= 0.6 is 24.0 Å². The minimum absolute atomic E-state index is 0.0749. The van der Waals surface area contributed by atoms with E-state index in [0.29, 0.717) is 28.1 Å². The fourth-order valence-corrected chi connectivity index (χ4v) is 3.25. The van der Waals surface area contributed by atoms with Gasteiger partial charge in [-0.1, -0.05) is 24.0 Å². The molecule has 2 rings (SSSR count). The predicted molar refractivity (Wildman–Crippen MR) is 99.6 cm³/mol. The first kappa shape index (κ1) is 20.0. The van der Waals surface area contributed by atoms with Crippen molar-refractivity contribution in [3.8, 4) is 11.5 Å². The van der Waals surface area contributed by atoms with Crippen LogP contribution in [0.5, 0.6) is 11.5 Å². The van der Waals surface area contributed by atoms with E-state index in [4.69, 9.17) is 26.4 Å². The Morgan fingerprint density at radius 3 is 2.62 bits per heavy atom. The average Bonchev–Trinajstić information content (AvgIpc) is 2.97. The quantitative estimate of drug-likeness (QED) is 0.509. The van der Waals surface area contributed by atoms with Crippen molar-refractivity contribution in [2.75, 3.05) is 39.7 Å². The second-order valence-corrected chi connectivity index (χ2v) is 6.70. The van der Waals surface area contributed by atoms with E-state index in [1.807, 2.05) is 0 Å². The Bertz CT molecular complexity index is 709. The lowest BCUT2D eigenvalue weighted by Crippen LogP contribution is -2.38. The molecule has 1 aliphatic rings. The molecule has 140 valence electrons. The van der Waals surface area contributed by atoms with E-state index in [1.54, 1.807) is 6.07 Å². The molecule has 1 N–H and O–H groups in total. The van der Waals surface area contributed by atoms with Crippen LogP contribution in [0.4, 0.5) is 0 Å². The molecule has 0 radical (unpaired) electrons. The highest BCUT2D eigenvalue weighted by atomic mass is 32.2. The molecule has 0 atom stereocenters. The molecule has 0 saturated carbocycles. The van der Waals surface area contributed by atoms with Crippen LogP contribution in [0.2, 0.25) is 0 Å². The van der Waals surface area contributed by atoms with Gasteiger partial charge in [0.05, 0.1) is 25.5 Å². The van der Waals surface area contributed by atoms with Crippen LogP contribution < -0.4 is 14.8 Å². The van der Waals surface area contributed by atoms with Crippen molar-refractivity contribution in [2.45, 2.75) is 0 Å². The lowest BCUT2D eigenvalue weighted by Gasteiger charge is -2.15. The Balaban J connectivity index is 1.77. The number of esters is 1. The van der Waals surface area contributed by atoms with Gasteiger partial charge in [0.2, 0.25) is 5.91 Å². The lowest BCUT2D eigenvalue weighted by atomic mass is 10.2. The van der Waals surface area contributed by atoms with Crippen molar-refractivity contribution in [3.05, 3.63) is 23.8 Å². The second-order valence-electron chi connectivity index (χ2n) is 5.10. The first-order valence-corrected chi connectivity index (χ1v) is 8.98. The van der Waals surface area contributed by atoms with Gasteiger partial charge < -0.3 is 19.5 Å². The number of nitrogens with zero attached hydrogens (tertiary/aromatic N) is 1. The molecular formula is C16H18N2O6S2. The summed E-state index contributed by atoms with van der Waals surface area (Å²) in [5.74, 6) is -0.00756. The van der Waals surface area contributed by atoms with Gasteiger partial charge in [0.1, 0.15) is 4.32 Å². The minimum atomic E-state index is -0.659. The summed E-state index contributed by atoms with van der Waals surface area (Å²) in [6.07, 6.45) is 0. The fraction of sp³-hybridized carbons (Fsp3) is 0.375. The van der Waals surface area contributed by atoms with Crippen LogP contribution in [0, 0.1) is 0 Å². The average molecular weight is 398 g/mol. The first-order valence-electron chi connectivity index (χ1n) is 7.59. The smallest absolute Gasteiger partial charge is 0.338 e. The zero-order chi connectivity index (χ0) is 19.1. The summed E-state index contributed by atoms with van der Waals surface area (Å²) in [5.41, 5.74) is 0.237. The zero-order valence-corrected chi connectivity index (χ0v) is 15.9. The molecule has 8 nitrogen and oxygen atoms in total. The van der Waals surface area contributed by atoms with Gasteiger partial charge in [-0.2, -0.15) is 0 Å². The van der Waals surface area contributed by atoms with Crippen LogP contribution in [0.25, 0.3) is 0 Å². The summed E-state index contributed by atoms with van der Waals surface area (Å²) in [4.78, 5) is 36.8. The maximum absolute atomic E-state index is 12.0. The number of ether oxygens (including phenoxy) is 3. The third kappa shape index (κ3) is 5.09. The third-order valence-electron chi connectivity index (χ3n) is 3.45. The Morgan fingerprint density at radius 2 is 2.00 bits per heavy atom. The van der Waals surface area contributed by atoms with E-state index < -0.39 is 18.5 Å². The molecule has 0 aliphatic carbocycles. The number of hydrogen-bond donors (Lipinski definition) is 1. The summed E-state index contributed by atoms with van der Waals surface area (Å²) in [7, 11) is 2.94. The Hall–Kier alpha value is -2.33. The van der Waals surface area contributed by atoms with Crippen molar-refractivity contribution in [1.29, 1.82) is 0 Å². The predicted octanol–water partition coefficient (Wildman–Crippen LogP) is 0.837. The number of nitrogens with one attached hydrogen (secondary N) is 1.